The first-order valence-electron chi connectivity index (χ1n) is 6.78. The lowest BCUT2D eigenvalue weighted by molar-refractivity contribution is 0.173. The van der Waals surface area contributed by atoms with Gasteiger partial charge in [-0.3, -0.25) is 0 Å². The van der Waals surface area contributed by atoms with Crippen molar-refractivity contribution < 1.29 is 13.2 Å². The van der Waals surface area contributed by atoms with Crippen LogP contribution in [0.3, 0.4) is 0 Å². The molecule has 20 heavy (non-hydrogen) atoms. The summed E-state index contributed by atoms with van der Waals surface area (Å²) in [5, 5.41) is 0. The maximum Gasteiger partial charge on any atom is 0.242 e. The molecule has 0 radical (unpaired) electrons. The molecule has 1 aromatic carbocycles. The van der Waals surface area contributed by atoms with E-state index in [-0.39, 0.29) is 12.6 Å². The first-order chi connectivity index (χ1) is 9.45. The van der Waals surface area contributed by atoms with Crippen molar-refractivity contribution in [3.8, 4) is 0 Å². The predicted molar refractivity (Wildman–Crippen MR) is 78.1 cm³/mol. The molecule has 1 unspecified atom stereocenters. The van der Waals surface area contributed by atoms with Gasteiger partial charge in [-0.1, -0.05) is 6.07 Å². The molecule has 0 aliphatic heterocycles. The summed E-state index contributed by atoms with van der Waals surface area (Å²) in [6, 6.07) is 5.10. The van der Waals surface area contributed by atoms with Gasteiger partial charge in [0, 0.05) is 26.7 Å². The number of hydrogen-bond acceptors (Lipinski definition) is 4. The van der Waals surface area contributed by atoms with Gasteiger partial charge >= 0.3 is 0 Å². The summed E-state index contributed by atoms with van der Waals surface area (Å²) >= 11 is 0. The van der Waals surface area contributed by atoms with E-state index in [1.807, 2.05) is 6.07 Å². The van der Waals surface area contributed by atoms with Gasteiger partial charge in [-0.25, -0.2) is 8.42 Å². The van der Waals surface area contributed by atoms with E-state index in [2.05, 4.69) is 0 Å². The Bertz CT molecular complexity index is 572. The van der Waals surface area contributed by atoms with E-state index in [0.717, 1.165) is 24.8 Å². The number of rotatable bonds is 6. The van der Waals surface area contributed by atoms with Gasteiger partial charge in [0.1, 0.15) is 0 Å². The lowest BCUT2D eigenvalue weighted by atomic mass is 10.1. The molecule has 1 aromatic rings. The monoisotopic (exact) mass is 298 g/mol. The Morgan fingerprint density at radius 1 is 1.35 bits per heavy atom. The number of sulfonamides is 1. The van der Waals surface area contributed by atoms with Crippen molar-refractivity contribution in [1.29, 1.82) is 0 Å². The molecule has 6 heteroatoms. The number of ether oxygens (including phenoxy) is 1. The quantitative estimate of drug-likeness (QED) is 0.842. The van der Waals surface area contributed by atoms with Crippen LogP contribution in [0.1, 0.15) is 17.5 Å². The van der Waals surface area contributed by atoms with Crippen LogP contribution >= 0.6 is 0 Å². The molecule has 1 aliphatic carbocycles. The minimum atomic E-state index is -3.48. The zero-order valence-electron chi connectivity index (χ0n) is 12.0. The molecule has 0 spiro atoms. The normalized spacial score (nSPS) is 16.4. The average molecular weight is 298 g/mol. The second-order valence-corrected chi connectivity index (χ2v) is 7.33. The number of aryl methyl sites for hydroxylation is 2. The van der Waals surface area contributed by atoms with Gasteiger partial charge in [-0.05, 0) is 42.5 Å². The van der Waals surface area contributed by atoms with E-state index in [4.69, 9.17) is 10.5 Å². The second-order valence-electron chi connectivity index (χ2n) is 5.29. The number of hydrogen-bond donors (Lipinski definition) is 1. The molecule has 0 amide bonds. The highest BCUT2D eigenvalue weighted by molar-refractivity contribution is 7.89. The molecule has 2 N–H and O–H groups in total. The number of fused-ring (bicyclic) bond motifs is 1. The summed E-state index contributed by atoms with van der Waals surface area (Å²) in [5.74, 6) is 0. The first-order valence-corrected chi connectivity index (χ1v) is 8.22. The summed E-state index contributed by atoms with van der Waals surface area (Å²) in [4.78, 5) is 0.352. The van der Waals surface area contributed by atoms with Crippen LogP contribution in [0.5, 0.6) is 0 Å². The smallest absolute Gasteiger partial charge is 0.242 e. The molecule has 112 valence electrons. The SMILES string of the molecule is COCC(N)CN(C)S(=O)(=O)c1ccc2c(c1)CCC2. The third-order valence-electron chi connectivity index (χ3n) is 3.65. The fraction of sp³-hybridized carbons (Fsp3) is 0.571. The molecular formula is C14H22N2O3S. The van der Waals surface area contributed by atoms with Gasteiger partial charge in [-0.2, -0.15) is 4.31 Å². The second kappa shape index (κ2) is 6.22. The largest absolute Gasteiger partial charge is 0.383 e. The van der Waals surface area contributed by atoms with E-state index in [1.165, 1.54) is 9.87 Å². The third-order valence-corrected chi connectivity index (χ3v) is 5.47. The highest BCUT2D eigenvalue weighted by Crippen LogP contribution is 2.25. The number of likely N-dealkylation sites (N-methyl/N-ethyl adjacent to an activating group) is 1. The van der Waals surface area contributed by atoms with E-state index in [0.29, 0.717) is 11.5 Å². The van der Waals surface area contributed by atoms with Crippen LogP contribution in [-0.4, -0.2) is 46.1 Å². The third kappa shape index (κ3) is 3.20. The maximum atomic E-state index is 12.5. The van der Waals surface area contributed by atoms with Crippen molar-refractivity contribution in [2.24, 2.45) is 5.73 Å². The summed E-state index contributed by atoms with van der Waals surface area (Å²) in [5.41, 5.74) is 8.24. The van der Waals surface area contributed by atoms with E-state index >= 15 is 0 Å². The van der Waals surface area contributed by atoms with Crippen LogP contribution in [0.4, 0.5) is 0 Å². The minimum Gasteiger partial charge on any atom is -0.383 e. The molecule has 0 bridgehead atoms. The van der Waals surface area contributed by atoms with Crippen LogP contribution in [0.2, 0.25) is 0 Å². The zero-order valence-corrected chi connectivity index (χ0v) is 12.8. The van der Waals surface area contributed by atoms with E-state index in [1.54, 1.807) is 26.3 Å². The Kier molecular flexibility index (Phi) is 4.80. The predicted octanol–water partition coefficient (Wildman–Crippen LogP) is 0.770. The van der Waals surface area contributed by atoms with Gasteiger partial charge < -0.3 is 10.5 Å². The van der Waals surface area contributed by atoms with Crippen molar-refractivity contribution in [2.75, 3.05) is 27.3 Å². The molecule has 1 aliphatic rings. The number of nitrogens with two attached hydrogens (primary N) is 1. The van der Waals surface area contributed by atoms with Crippen LogP contribution in [0, 0.1) is 0 Å². The standard InChI is InChI=1S/C14H22N2O3S/c1-16(9-13(15)10-19-2)20(17,18)14-7-6-11-4-3-5-12(11)8-14/h6-8,13H,3-5,9-10,15H2,1-2H3. The minimum absolute atomic E-state index is 0.243. The van der Waals surface area contributed by atoms with E-state index in [9.17, 15) is 8.42 Å². The highest BCUT2D eigenvalue weighted by atomic mass is 32.2. The lowest BCUT2D eigenvalue weighted by Crippen LogP contribution is -2.41. The Balaban J connectivity index is 2.17. The Morgan fingerprint density at radius 3 is 2.75 bits per heavy atom. The van der Waals surface area contributed by atoms with Crippen LogP contribution in [0.15, 0.2) is 23.1 Å². The van der Waals surface area contributed by atoms with Crippen LogP contribution in [0.25, 0.3) is 0 Å². The number of methoxy groups -OCH3 is 1. The summed E-state index contributed by atoms with van der Waals surface area (Å²) in [6.45, 7) is 0.581. The molecule has 0 fully saturated rings. The molecule has 0 saturated carbocycles. The molecule has 2 rings (SSSR count). The van der Waals surface area contributed by atoms with Crippen molar-refractivity contribution in [1.82, 2.24) is 4.31 Å². The van der Waals surface area contributed by atoms with Gasteiger partial charge in [0.15, 0.2) is 0 Å². The highest BCUT2D eigenvalue weighted by Gasteiger charge is 2.24. The van der Waals surface area contributed by atoms with Gasteiger partial charge in [0.05, 0.1) is 11.5 Å². The average Bonchev–Trinajstić information content (AvgIpc) is 2.85. The fourth-order valence-electron chi connectivity index (χ4n) is 2.58. The molecule has 0 aromatic heterocycles. The summed E-state index contributed by atoms with van der Waals surface area (Å²) < 4.78 is 31.2. The molecular weight excluding hydrogens is 276 g/mol. The topological polar surface area (TPSA) is 72.6 Å². The fourth-order valence-corrected chi connectivity index (χ4v) is 3.86. The molecule has 0 saturated heterocycles. The van der Waals surface area contributed by atoms with Gasteiger partial charge in [0.25, 0.3) is 0 Å². The lowest BCUT2D eigenvalue weighted by Gasteiger charge is -2.21. The van der Waals surface area contributed by atoms with Crippen molar-refractivity contribution >= 4 is 10.0 Å². The Labute approximate surface area is 120 Å². The van der Waals surface area contributed by atoms with Gasteiger partial charge in [-0.15, -0.1) is 0 Å². The number of benzene rings is 1. The Morgan fingerprint density at radius 2 is 2.05 bits per heavy atom. The molecule has 1 atom stereocenters. The first kappa shape index (κ1) is 15.4. The van der Waals surface area contributed by atoms with Crippen molar-refractivity contribution in [3.05, 3.63) is 29.3 Å². The van der Waals surface area contributed by atoms with Crippen molar-refractivity contribution in [3.63, 3.8) is 0 Å². The Hall–Kier alpha value is -0.950. The summed E-state index contributed by atoms with van der Waals surface area (Å²) in [6.07, 6.45) is 3.11. The van der Waals surface area contributed by atoms with Crippen molar-refractivity contribution in [2.45, 2.75) is 30.2 Å². The maximum absolute atomic E-state index is 12.5. The van der Waals surface area contributed by atoms with Crippen LogP contribution < -0.4 is 5.73 Å². The van der Waals surface area contributed by atoms with Gasteiger partial charge in [0.2, 0.25) is 10.0 Å². The number of nitrogens with zero attached hydrogens (tertiary/aromatic N) is 1. The van der Waals surface area contributed by atoms with Crippen LogP contribution in [-0.2, 0) is 27.6 Å². The molecule has 0 heterocycles. The zero-order chi connectivity index (χ0) is 14.8. The summed E-state index contributed by atoms with van der Waals surface area (Å²) in [7, 11) is -0.372. The van der Waals surface area contributed by atoms with E-state index < -0.39 is 10.0 Å². The molecule has 5 nitrogen and oxygen atoms in total.